The Morgan fingerprint density at radius 3 is 3.00 bits per heavy atom. The molecule has 8 nitrogen and oxygen atoms in total. The van der Waals surface area contributed by atoms with Gasteiger partial charge < -0.3 is 9.47 Å². The van der Waals surface area contributed by atoms with Crippen molar-refractivity contribution in [3.63, 3.8) is 0 Å². The zero-order chi connectivity index (χ0) is 15.9. The van der Waals surface area contributed by atoms with Crippen LogP contribution >= 0.6 is 15.9 Å². The average Bonchev–Trinajstić information content (AvgIpc) is 2.47. The molecule has 1 heterocycles. The molecular formula is C13H14BrN5O3. The Balaban J connectivity index is 2.18. The van der Waals surface area contributed by atoms with Gasteiger partial charge in [-0.1, -0.05) is 0 Å². The predicted octanol–water partition coefficient (Wildman–Crippen LogP) is 1.78. The summed E-state index contributed by atoms with van der Waals surface area (Å²) < 4.78 is 11.5. The highest BCUT2D eigenvalue weighted by atomic mass is 79.9. The summed E-state index contributed by atoms with van der Waals surface area (Å²) >= 11 is 3.42. The maximum absolute atomic E-state index is 11.1. The zero-order valence-electron chi connectivity index (χ0n) is 12.0. The van der Waals surface area contributed by atoms with Crippen LogP contribution in [-0.4, -0.2) is 35.1 Å². The molecule has 0 unspecified atom stereocenters. The van der Waals surface area contributed by atoms with Gasteiger partial charge in [-0.25, -0.2) is 5.43 Å². The first-order valence-electron chi connectivity index (χ1n) is 6.35. The fraction of sp³-hybridized carbons (Fsp3) is 0.231. The molecule has 0 radical (unpaired) electrons. The number of benzene rings is 1. The number of hydrogen-bond donors (Lipinski definition) is 2. The van der Waals surface area contributed by atoms with Crippen LogP contribution in [0.25, 0.3) is 0 Å². The van der Waals surface area contributed by atoms with Crippen molar-refractivity contribution in [2.24, 2.45) is 5.10 Å². The number of anilines is 1. The monoisotopic (exact) mass is 367 g/mol. The Bertz CT molecular complexity index is 732. The summed E-state index contributed by atoms with van der Waals surface area (Å²) in [6, 6.07) is 3.61. The largest absolute Gasteiger partial charge is 0.492 e. The van der Waals surface area contributed by atoms with Crippen LogP contribution < -0.4 is 20.5 Å². The third-order valence-corrected chi connectivity index (χ3v) is 3.08. The third-order valence-electron chi connectivity index (χ3n) is 2.49. The minimum absolute atomic E-state index is 0.154. The van der Waals surface area contributed by atoms with Crippen LogP contribution in [0, 0.1) is 0 Å². The zero-order valence-corrected chi connectivity index (χ0v) is 13.5. The summed E-state index contributed by atoms with van der Waals surface area (Å²) in [6.45, 7) is 2.41. The van der Waals surface area contributed by atoms with E-state index in [1.807, 2.05) is 13.0 Å². The van der Waals surface area contributed by atoms with Gasteiger partial charge in [0.15, 0.2) is 11.5 Å². The number of aromatic amines is 1. The lowest BCUT2D eigenvalue weighted by molar-refractivity contribution is 0.310. The second-order valence-electron chi connectivity index (χ2n) is 4.02. The molecule has 0 aliphatic rings. The van der Waals surface area contributed by atoms with E-state index in [0.717, 1.165) is 16.2 Å². The summed E-state index contributed by atoms with van der Waals surface area (Å²) in [6.07, 6.45) is 2.63. The maximum atomic E-state index is 11.1. The van der Waals surface area contributed by atoms with Gasteiger partial charge in [-0.15, -0.1) is 10.2 Å². The van der Waals surface area contributed by atoms with Crippen LogP contribution in [0.4, 0.5) is 5.95 Å². The molecule has 116 valence electrons. The fourth-order valence-electron chi connectivity index (χ4n) is 1.65. The van der Waals surface area contributed by atoms with Gasteiger partial charge >= 0.3 is 0 Å². The lowest BCUT2D eigenvalue weighted by atomic mass is 10.2. The summed E-state index contributed by atoms with van der Waals surface area (Å²) in [5.41, 5.74) is 3.00. The number of nitrogens with zero attached hydrogens (tertiary/aromatic N) is 3. The first-order valence-corrected chi connectivity index (χ1v) is 7.14. The van der Waals surface area contributed by atoms with E-state index in [1.54, 1.807) is 19.4 Å². The van der Waals surface area contributed by atoms with Crippen molar-refractivity contribution in [1.82, 2.24) is 15.2 Å². The second kappa shape index (κ2) is 7.55. The Morgan fingerprint density at radius 1 is 1.50 bits per heavy atom. The van der Waals surface area contributed by atoms with Gasteiger partial charge in [0.2, 0.25) is 5.95 Å². The molecule has 22 heavy (non-hydrogen) atoms. The number of hydrazone groups is 1. The number of aromatic nitrogens is 3. The number of halogens is 1. The molecule has 1 aromatic carbocycles. The molecule has 0 aliphatic carbocycles. The third kappa shape index (κ3) is 4.04. The number of nitrogens with one attached hydrogen (secondary N) is 2. The van der Waals surface area contributed by atoms with Gasteiger partial charge in [0.05, 0.1) is 24.4 Å². The van der Waals surface area contributed by atoms with Gasteiger partial charge in [0.25, 0.3) is 5.56 Å². The molecule has 0 fully saturated rings. The molecule has 2 aromatic rings. The molecule has 0 saturated carbocycles. The Kier molecular flexibility index (Phi) is 5.48. The minimum Gasteiger partial charge on any atom is -0.492 e. The normalized spacial score (nSPS) is 10.7. The molecule has 0 spiro atoms. The quantitative estimate of drug-likeness (QED) is 0.595. The predicted molar refractivity (Wildman–Crippen MR) is 85.7 cm³/mol. The van der Waals surface area contributed by atoms with Crippen molar-refractivity contribution in [3.8, 4) is 11.5 Å². The van der Waals surface area contributed by atoms with Crippen molar-refractivity contribution in [2.75, 3.05) is 19.1 Å². The number of H-pyrrole nitrogens is 1. The van der Waals surface area contributed by atoms with Crippen LogP contribution in [0.1, 0.15) is 12.5 Å². The van der Waals surface area contributed by atoms with Gasteiger partial charge in [-0.05, 0) is 40.5 Å². The van der Waals surface area contributed by atoms with Gasteiger partial charge in [0.1, 0.15) is 6.20 Å². The van der Waals surface area contributed by atoms with Crippen LogP contribution in [0.3, 0.4) is 0 Å². The van der Waals surface area contributed by atoms with Crippen molar-refractivity contribution < 1.29 is 9.47 Å². The molecule has 0 saturated heterocycles. The van der Waals surface area contributed by atoms with Crippen molar-refractivity contribution in [1.29, 1.82) is 0 Å². The van der Waals surface area contributed by atoms with Gasteiger partial charge in [0, 0.05) is 0 Å². The molecular weight excluding hydrogens is 354 g/mol. The summed E-state index contributed by atoms with van der Waals surface area (Å²) in [4.78, 5) is 13.5. The van der Waals surface area contributed by atoms with Crippen molar-refractivity contribution in [2.45, 2.75) is 6.92 Å². The van der Waals surface area contributed by atoms with Gasteiger partial charge in [-0.3, -0.25) is 9.78 Å². The van der Waals surface area contributed by atoms with E-state index < -0.39 is 0 Å². The van der Waals surface area contributed by atoms with E-state index in [9.17, 15) is 4.79 Å². The number of ether oxygens (including phenoxy) is 2. The molecule has 9 heteroatoms. The first-order chi connectivity index (χ1) is 10.6. The van der Waals surface area contributed by atoms with Crippen LogP contribution in [-0.2, 0) is 0 Å². The number of hydrogen-bond acceptors (Lipinski definition) is 7. The number of rotatable bonds is 6. The minimum atomic E-state index is -0.362. The summed E-state index contributed by atoms with van der Waals surface area (Å²) in [7, 11) is 1.57. The standard InChI is InChI=1S/C13H14BrN5O3/c1-3-22-10-5-8(4-9(14)12(10)21-2)6-15-18-13-17-11(20)7-16-19-13/h4-7H,3H2,1-2H3,(H2,17,18,19,20)/b15-6+. The van der Waals surface area contributed by atoms with E-state index in [2.05, 4.69) is 41.6 Å². The van der Waals surface area contributed by atoms with E-state index in [0.29, 0.717) is 18.1 Å². The van der Waals surface area contributed by atoms with E-state index in [1.165, 1.54) is 0 Å². The fourth-order valence-corrected chi connectivity index (χ4v) is 2.28. The maximum Gasteiger partial charge on any atom is 0.271 e. The Labute approximate surface area is 134 Å². The summed E-state index contributed by atoms with van der Waals surface area (Å²) in [5, 5.41) is 11.2. The van der Waals surface area contributed by atoms with Crippen LogP contribution in [0.2, 0.25) is 0 Å². The SMILES string of the molecule is CCOc1cc(/C=N/Nc2nncc(=O)[nH]2)cc(Br)c1OC. The van der Waals surface area contributed by atoms with Crippen LogP contribution in [0.5, 0.6) is 11.5 Å². The van der Waals surface area contributed by atoms with Crippen LogP contribution in [0.15, 0.2) is 32.7 Å². The molecule has 0 aliphatic heterocycles. The second-order valence-corrected chi connectivity index (χ2v) is 4.87. The molecule has 2 rings (SSSR count). The molecule has 0 amide bonds. The topological polar surface area (TPSA) is 101 Å². The molecule has 0 bridgehead atoms. The van der Waals surface area contributed by atoms with E-state index in [-0.39, 0.29) is 11.5 Å². The van der Waals surface area contributed by atoms with E-state index in [4.69, 9.17) is 9.47 Å². The van der Waals surface area contributed by atoms with Gasteiger partial charge in [-0.2, -0.15) is 5.10 Å². The smallest absolute Gasteiger partial charge is 0.271 e. The Hall–Kier alpha value is -2.42. The lowest BCUT2D eigenvalue weighted by Gasteiger charge is -2.11. The highest BCUT2D eigenvalue weighted by Gasteiger charge is 2.10. The highest BCUT2D eigenvalue weighted by Crippen LogP contribution is 2.36. The average molecular weight is 368 g/mol. The Morgan fingerprint density at radius 2 is 2.32 bits per heavy atom. The van der Waals surface area contributed by atoms with E-state index >= 15 is 0 Å². The lowest BCUT2D eigenvalue weighted by Crippen LogP contribution is -2.10. The number of methoxy groups -OCH3 is 1. The van der Waals surface area contributed by atoms with Crippen molar-refractivity contribution >= 4 is 28.1 Å². The highest BCUT2D eigenvalue weighted by molar-refractivity contribution is 9.10. The van der Waals surface area contributed by atoms with Crippen molar-refractivity contribution in [3.05, 3.63) is 38.7 Å². The molecule has 2 N–H and O–H groups in total. The molecule has 1 aromatic heterocycles. The molecule has 0 atom stereocenters. The first kappa shape index (κ1) is 16.0. The summed E-state index contributed by atoms with van der Waals surface area (Å²) in [5.74, 6) is 1.38.